The Hall–Kier alpha value is -1.03. The van der Waals surface area contributed by atoms with Crippen molar-refractivity contribution in [2.75, 3.05) is 12.3 Å². The molecule has 1 aliphatic rings. The molecule has 0 amide bonds. The molecule has 1 aliphatic carbocycles. The van der Waals surface area contributed by atoms with Gasteiger partial charge in [0.1, 0.15) is 5.00 Å². The maximum atomic E-state index is 12.0. The molecule has 3 nitrogen and oxygen atoms in total. The van der Waals surface area contributed by atoms with Gasteiger partial charge in [-0.05, 0) is 37.2 Å². The molecule has 0 spiro atoms. The molecule has 1 atom stereocenters. The molecule has 18 heavy (non-hydrogen) atoms. The van der Waals surface area contributed by atoms with Crippen molar-refractivity contribution in [1.29, 1.82) is 0 Å². The van der Waals surface area contributed by atoms with Gasteiger partial charge in [0.2, 0.25) is 0 Å². The van der Waals surface area contributed by atoms with Crippen molar-refractivity contribution in [3.63, 3.8) is 0 Å². The molecule has 0 bridgehead atoms. The van der Waals surface area contributed by atoms with Crippen LogP contribution in [-0.2, 0) is 17.6 Å². The highest BCUT2D eigenvalue weighted by Gasteiger charge is 2.27. The first-order valence-corrected chi connectivity index (χ1v) is 7.56. The lowest BCUT2D eigenvalue weighted by molar-refractivity contribution is 0.0505. The number of nitrogens with two attached hydrogens (primary N) is 1. The molecule has 0 aliphatic heterocycles. The van der Waals surface area contributed by atoms with E-state index in [-0.39, 0.29) is 5.97 Å². The molecule has 2 rings (SSSR count). The fourth-order valence-corrected chi connectivity index (χ4v) is 3.74. The molecule has 0 aromatic carbocycles. The fourth-order valence-electron chi connectivity index (χ4n) is 2.51. The fraction of sp³-hybridized carbons (Fsp3) is 0.643. The van der Waals surface area contributed by atoms with Crippen molar-refractivity contribution < 1.29 is 9.53 Å². The van der Waals surface area contributed by atoms with Crippen LogP contribution in [0.25, 0.3) is 0 Å². The van der Waals surface area contributed by atoms with Gasteiger partial charge in [-0.25, -0.2) is 4.79 Å². The third kappa shape index (κ3) is 2.53. The number of carbonyl (C=O) groups is 1. The van der Waals surface area contributed by atoms with Gasteiger partial charge in [0.15, 0.2) is 0 Å². The Labute approximate surface area is 112 Å². The van der Waals surface area contributed by atoms with Crippen molar-refractivity contribution in [3.8, 4) is 0 Å². The van der Waals surface area contributed by atoms with E-state index in [0.29, 0.717) is 17.2 Å². The summed E-state index contributed by atoms with van der Waals surface area (Å²) in [6.45, 7) is 4.69. The third-order valence-corrected chi connectivity index (χ3v) is 4.70. The van der Waals surface area contributed by atoms with Crippen LogP contribution in [-0.4, -0.2) is 12.6 Å². The molecule has 1 aromatic rings. The van der Waals surface area contributed by atoms with Gasteiger partial charge in [-0.2, -0.15) is 0 Å². The highest BCUT2D eigenvalue weighted by atomic mass is 32.1. The van der Waals surface area contributed by atoms with Crippen molar-refractivity contribution in [2.24, 2.45) is 5.92 Å². The predicted molar refractivity (Wildman–Crippen MR) is 75.1 cm³/mol. The molecule has 0 radical (unpaired) electrons. The largest absolute Gasteiger partial charge is 0.462 e. The number of carbonyl (C=O) groups excluding carboxylic acids is 1. The second-order valence-corrected chi connectivity index (χ2v) is 6.03. The second kappa shape index (κ2) is 5.74. The second-order valence-electron chi connectivity index (χ2n) is 4.90. The summed E-state index contributed by atoms with van der Waals surface area (Å²) in [5, 5.41) is 0.637. The molecule has 0 saturated heterocycles. The van der Waals surface area contributed by atoms with Crippen LogP contribution in [0.15, 0.2) is 0 Å². The van der Waals surface area contributed by atoms with Crippen LogP contribution in [0.2, 0.25) is 0 Å². The summed E-state index contributed by atoms with van der Waals surface area (Å²) < 4.78 is 5.22. The van der Waals surface area contributed by atoms with E-state index < -0.39 is 0 Å². The number of rotatable bonds is 4. The highest BCUT2D eigenvalue weighted by Crippen LogP contribution is 2.39. The van der Waals surface area contributed by atoms with Crippen LogP contribution in [0.1, 0.15) is 53.9 Å². The number of nitrogen functional groups attached to an aromatic ring is 1. The topological polar surface area (TPSA) is 52.3 Å². The first-order valence-electron chi connectivity index (χ1n) is 6.74. The minimum atomic E-state index is -0.234. The average Bonchev–Trinajstić information content (AvgIpc) is 2.70. The van der Waals surface area contributed by atoms with Crippen LogP contribution >= 0.6 is 11.3 Å². The van der Waals surface area contributed by atoms with E-state index in [4.69, 9.17) is 10.5 Å². The molecule has 1 heterocycles. The van der Waals surface area contributed by atoms with E-state index in [1.807, 2.05) is 6.92 Å². The summed E-state index contributed by atoms with van der Waals surface area (Å²) in [7, 11) is 0. The summed E-state index contributed by atoms with van der Waals surface area (Å²) in [4.78, 5) is 13.3. The molecular formula is C14H21NO2S. The van der Waals surface area contributed by atoms with Gasteiger partial charge in [-0.3, -0.25) is 0 Å². The third-order valence-electron chi connectivity index (χ3n) is 3.61. The van der Waals surface area contributed by atoms with Gasteiger partial charge in [0.05, 0.1) is 12.2 Å². The van der Waals surface area contributed by atoms with Crippen LogP contribution in [0.5, 0.6) is 0 Å². The smallest absolute Gasteiger partial charge is 0.341 e. The average molecular weight is 267 g/mol. The van der Waals surface area contributed by atoms with Crippen molar-refractivity contribution in [1.82, 2.24) is 0 Å². The molecular weight excluding hydrogens is 246 g/mol. The normalized spacial score (nSPS) is 18.4. The lowest BCUT2D eigenvalue weighted by Gasteiger charge is -2.20. The van der Waals surface area contributed by atoms with E-state index in [2.05, 4.69) is 6.92 Å². The zero-order valence-corrected chi connectivity index (χ0v) is 11.9. The van der Waals surface area contributed by atoms with Crippen molar-refractivity contribution in [3.05, 3.63) is 16.0 Å². The van der Waals surface area contributed by atoms with Crippen LogP contribution in [0, 0.1) is 5.92 Å². The zero-order chi connectivity index (χ0) is 13.1. The monoisotopic (exact) mass is 267 g/mol. The molecule has 2 N–H and O–H groups in total. The van der Waals surface area contributed by atoms with Gasteiger partial charge in [-0.1, -0.05) is 20.3 Å². The van der Waals surface area contributed by atoms with Crippen molar-refractivity contribution in [2.45, 2.75) is 46.0 Å². The number of thiophene rings is 1. The maximum Gasteiger partial charge on any atom is 0.341 e. The molecule has 4 heteroatoms. The Bertz CT molecular complexity index is 439. The van der Waals surface area contributed by atoms with Crippen LogP contribution in [0.3, 0.4) is 0 Å². The Morgan fingerprint density at radius 2 is 2.28 bits per heavy atom. The summed E-state index contributed by atoms with van der Waals surface area (Å²) >= 11 is 1.57. The van der Waals surface area contributed by atoms with Gasteiger partial charge in [0.25, 0.3) is 0 Å². The number of hydrogen-bond acceptors (Lipinski definition) is 4. The Balaban J connectivity index is 2.22. The molecule has 0 saturated carbocycles. The lowest BCUT2D eigenvalue weighted by atomic mass is 9.86. The Morgan fingerprint density at radius 1 is 1.50 bits per heavy atom. The number of hydrogen-bond donors (Lipinski definition) is 1. The summed E-state index contributed by atoms with van der Waals surface area (Å²) in [6, 6.07) is 0. The standard InChI is InChI=1S/C14H21NO2S/c1-3-7-17-14(16)12-10-6-5-9(4-2)8-11(10)18-13(12)15/h9H,3-8,15H2,1-2H3/t9-/m1/s1. The summed E-state index contributed by atoms with van der Waals surface area (Å²) in [5.41, 5.74) is 7.81. The molecule has 0 unspecified atom stereocenters. The minimum absolute atomic E-state index is 0.234. The van der Waals surface area contributed by atoms with E-state index >= 15 is 0 Å². The number of ether oxygens (including phenoxy) is 1. The van der Waals surface area contributed by atoms with E-state index in [0.717, 1.165) is 37.2 Å². The first kappa shape index (κ1) is 13.4. The maximum absolute atomic E-state index is 12.0. The van der Waals surface area contributed by atoms with E-state index in [9.17, 15) is 4.79 Å². The SMILES string of the molecule is CCCOC(=O)c1c(N)sc2c1CC[C@@H](CC)C2. The van der Waals surface area contributed by atoms with Crippen LogP contribution < -0.4 is 5.73 Å². The summed E-state index contributed by atoms with van der Waals surface area (Å²) in [5.74, 6) is 0.511. The first-order chi connectivity index (χ1) is 8.67. The lowest BCUT2D eigenvalue weighted by Crippen LogP contribution is -2.15. The molecule has 0 fully saturated rings. The van der Waals surface area contributed by atoms with Crippen molar-refractivity contribution >= 4 is 22.3 Å². The zero-order valence-electron chi connectivity index (χ0n) is 11.1. The van der Waals surface area contributed by atoms with Gasteiger partial charge < -0.3 is 10.5 Å². The van der Waals surface area contributed by atoms with Gasteiger partial charge >= 0.3 is 5.97 Å². The quantitative estimate of drug-likeness (QED) is 0.850. The number of anilines is 1. The number of fused-ring (bicyclic) bond motifs is 1. The van der Waals surface area contributed by atoms with Gasteiger partial charge in [-0.15, -0.1) is 11.3 Å². The van der Waals surface area contributed by atoms with Crippen LogP contribution in [0.4, 0.5) is 5.00 Å². The van der Waals surface area contributed by atoms with E-state index in [1.54, 1.807) is 11.3 Å². The number of esters is 1. The van der Waals surface area contributed by atoms with E-state index in [1.165, 1.54) is 11.3 Å². The van der Waals surface area contributed by atoms with Gasteiger partial charge in [0, 0.05) is 4.88 Å². The Morgan fingerprint density at radius 3 is 2.94 bits per heavy atom. The Kier molecular flexibility index (Phi) is 4.27. The molecule has 100 valence electrons. The molecule has 1 aromatic heterocycles. The summed E-state index contributed by atoms with van der Waals surface area (Å²) in [6.07, 6.45) is 5.25. The minimum Gasteiger partial charge on any atom is -0.462 e. The highest BCUT2D eigenvalue weighted by molar-refractivity contribution is 7.16. The predicted octanol–water partition coefficient (Wildman–Crippen LogP) is 3.41.